The first kappa shape index (κ1) is 11.0. The van der Waals surface area contributed by atoms with Crippen molar-refractivity contribution in [2.45, 2.75) is 40.5 Å². The fourth-order valence-corrected chi connectivity index (χ4v) is 3.27. The van der Waals surface area contributed by atoms with Crippen molar-refractivity contribution in [3.63, 3.8) is 0 Å². The second-order valence-electron chi connectivity index (χ2n) is 5.84. The Morgan fingerprint density at radius 2 is 1.87 bits per heavy atom. The second-order valence-corrected chi connectivity index (χ2v) is 5.84. The van der Waals surface area contributed by atoms with Gasteiger partial charge in [0.25, 0.3) is 0 Å². The lowest BCUT2D eigenvalue weighted by atomic mass is 9.65. The Kier molecular flexibility index (Phi) is 3.04. The van der Waals surface area contributed by atoms with Gasteiger partial charge in [-0.25, -0.2) is 0 Å². The van der Waals surface area contributed by atoms with Gasteiger partial charge in [0, 0.05) is 5.92 Å². The van der Waals surface area contributed by atoms with Crippen LogP contribution in [0.5, 0.6) is 0 Å². The monoisotopic (exact) mass is 204 g/mol. The maximum Gasteiger partial charge on any atom is 0.000568 e. The summed E-state index contributed by atoms with van der Waals surface area (Å²) >= 11 is 0. The summed E-state index contributed by atoms with van der Waals surface area (Å²) in [6, 6.07) is 0. The van der Waals surface area contributed by atoms with Gasteiger partial charge < -0.3 is 0 Å². The van der Waals surface area contributed by atoms with Gasteiger partial charge in [-0.2, -0.15) is 0 Å². The Hall–Kier alpha value is -0.520. The van der Waals surface area contributed by atoms with Crippen LogP contribution in [-0.4, -0.2) is 0 Å². The van der Waals surface area contributed by atoms with Crippen molar-refractivity contribution in [2.24, 2.45) is 29.6 Å². The molecular weight excluding hydrogens is 180 g/mol. The largest absolute Gasteiger partial charge is 0.0813 e. The first-order valence-corrected chi connectivity index (χ1v) is 6.49. The average molecular weight is 204 g/mol. The van der Waals surface area contributed by atoms with Crippen LogP contribution < -0.4 is 0 Å². The molecule has 0 saturated heterocycles. The van der Waals surface area contributed by atoms with Gasteiger partial charge in [-0.15, -0.1) is 0 Å². The van der Waals surface area contributed by atoms with Gasteiger partial charge in [-0.1, -0.05) is 51.5 Å². The first-order chi connectivity index (χ1) is 7.09. The van der Waals surface area contributed by atoms with E-state index in [0.29, 0.717) is 5.92 Å². The first-order valence-electron chi connectivity index (χ1n) is 6.49. The average Bonchev–Trinajstić information content (AvgIpc) is 2.17. The van der Waals surface area contributed by atoms with Gasteiger partial charge in [-0.05, 0) is 36.5 Å². The van der Waals surface area contributed by atoms with Crippen molar-refractivity contribution in [2.75, 3.05) is 0 Å². The SMILES string of the molecule is CC1C=CC2C(=C1)C(C(C)C)CCC2C. The van der Waals surface area contributed by atoms with Gasteiger partial charge in [0.15, 0.2) is 0 Å². The summed E-state index contributed by atoms with van der Waals surface area (Å²) in [5, 5.41) is 0. The van der Waals surface area contributed by atoms with Crippen LogP contribution in [0.25, 0.3) is 0 Å². The summed E-state index contributed by atoms with van der Waals surface area (Å²) in [6.07, 6.45) is 10.2. The van der Waals surface area contributed by atoms with Crippen LogP contribution in [0.2, 0.25) is 0 Å². The third-order valence-electron chi connectivity index (χ3n) is 4.24. The molecule has 2 aliphatic carbocycles. The molecule has 4 unspecified atom stereocenters. The highest BCUT2D eigenvalue weighted by Gasteiger charge is 2.33. The van der Waals surface area contributed by atoms with Crippen molar-refractivity contribution in [1.82, 2.24) is 0 Å². The van der Waals surface area contributed by atoms with Gasteiger partial charge in [0.05, 0.1) is 0 Å². The summed E-state index contributed by atoms with van der Waals surface area (Å²) in [7, 11) is 0. The van der Waals surface area contributed by atoms with Gasteiger partial charge in [0.2, 0.25) is 0 Å². The van der Waals surface area contributed by atoms with Crippen molar-refractivity contribution in [3.05, 3.63) is 23.8 Å². The molecule has 0 aromatic carbocycles. The molecule has 4 atom stereocenters. The Bertz CT molecular complexity index is 282. The van der Waals surface area contributed by atoms with Crippen molar-refractivity contribution >= 4 is 0 Å². The minimum Gasteiger partial charge on any atom is -0.0813 e. The fourth-order valence-electron chi connectivity index (χ4n) is 3.27. The number of hydrogen-bond acceptors (Lipinski definition) is 0. The van der Waals surface area contributed by atoms with Crippen molar-refractivity contribution in [3.8, 4) is 0 Å². The molecule has 0 spiro atoms. The molecule has 84 valence electrons. The molecule has 0 heteroatoms. The molecule has 0 radical (unpaired) electrons. The van der Waals surface area contributed by atoms with Gasteiger partial charge >= 0.3 is 0 Å². The maximum atomic E-state index is 2.53. The predicted molar refractivity (Wildman–Crippen MR) is 66.6 cm³/mol. The quantitative estimate of drug-likeness (QED) is 0.554. The summed E-state index contributed by atoms with van der Waals surface area (Å²) in [4.78, 5) is 0. The van der Waals surface area contributed by atoms with Gasteiger partial charge in [-0.3, -0.25) is 0 Å². The normalized spacial score (nSPS) is 40.2. The molecule has 2 rings (SSSR count). The molecule has 1 saturated carbocycles. The fraction of sp³-hybridized carbons (Fsp3) is 0.733. The third kappa shape index (κ3) is 2.04. The standard InChI is InChI=1S/C15H24/c1-10(2)13-8-6-12(4)14-7-5-11(3)9-15(13)14/h5,7,9-14H,6,8H2,1-4H3. The van der Waals surface area contributed by atoms with Crippen LogP contribution in [-0.2, 0) is 0 Å². The second kappa shape index (κ2) is 4.15. The molecule has 0 amide bonds. The van der Waals surface area contributed by atoms with E-state index >= 15 is 0 Å². The molecule has 1 fully saturated rings. The molecule has 0 aliphatic heterocycles. The van der Waals surface area contributed by atoms with E-state index in [1.54, 1.807) is 5.57 Å². The lowest BCUT2D eigenvalue weighted by Gasteiger charge is -2.40. The van der Waals surface area contributed by atoms with E-state index in [0.717, 1.165) is 23.7 Å². The van der Waals surface area contributed by atoms with E-state index in [1.807, 2.05) is 0 Å². The lowest BCUT2D eigenvalue weighted by molar-refractivity contribution is 0.262. The summed E-state index contributed by atoms with van der Waals surface area (Å²) < 4.78 is 0. The van der Waals surface area contributed by atoms with Crippen LogP contribution in [0.4, 0.5) is 0 Å². The lowest BCUT2D eigenvalue weighted by Crippen LogP contribution is -2.29. The Morgan fingerprint density at radius 1 is 1.13 bits per heavy atom. The summed E-state index contributed by atoms with van der Waals surface area (Å²) in [5.74, 6) is 3.92. The molecule has 2 aliphatic rings. The Balaban J connectivity index is 2.26. The molecule has 0 nitrogen and oxygen atoms in total. The van der Waals surface area contributed by atoms with E-state index in [1.165, 1.54) is 12.8 Å². The Labute approximate surface area is 94.5 Å². The highest BCUT2D eigenvalue weighted by atomic mass is 14.4. The van der Waals surface area contributed by atoms with Crippen molar-refractivity contribution < 1.29 is 0 Å². The van der Waals surface area contributed by atoms with E-state index in [4.69, 9.17) is 0 Å². The zero-order valence-electron chi connectivity index (χ0n) is 10.5. The highest BCUT2D eigenvalue weighted by molar-refractivity contribution is 5.27. The number of fused-ring (bicyclic) bond motifs is 1. The van der Waals surface area contributed by atoms with E-state index in [2.05, 4.69) is 45.9 Å². The molecule has 0 aromatic heterocycles. The molecular formula is C15H24. The minimum atomic E-state index is 0.655. The number of rotatable bonds is 1. The topological polar surface area (TPSA) is 0 Å². The zero-order chi connectivity index (χ0) is 11.0. The van der Waals surface area contributed by atoms with Crippen LogP contribution in [0.1, 0.15) is 40.5 Å². The molecule has 15 heavy (non-hydrogen) atoms. The summed E-state index contributed by atoms with van der Waals surface area (Å²) in [6.45, 7) is 9.47. The van der Waals surface area contributed by atoms with Crippen LogP contribution in [0, 0.1) is 29.6 Å². The molecule has 0 bridgehead atoms. The minimum absolute atomic E-state index is 0.655. The van der Waals surface area contributed by atoms with Crippen LogP contribution in [0.15, 0.2) is 23.8 Å². The highest BCUT2D eigenvalue weighted by Crippen LogP contribution is 2.44. The number of hydrogen-bond donors (Lipinski definition) is 0. The van der Waals surface area contributed by atoms with Crippen molar-refractivity contribution in [1.29, 1.82) is 0 Å². The van der Waals surface area contributed by atoms with E-state index < -0.39 is 0 Å². The van der Waals surface area contributed by atoms with E-state index in [-0.39, 0.29) is 0 Å². The Morgan fingerprint density at radius 3 is 2.53 bits per heavy atom. The number of allylic oxidation sites excluding steroid dienone is 4. The van der Waals surface area contributed by atoms with Crippen LogP contribution in [0.3, 0.4) is 0 Å². The third-order valence-corrected chi connectivity index (χ3v) is 4.24. The van der Waals surface area contributed by atoms with Crippen LogP contribution >= 0.6 is 0 Å². The smallest absolute Gasteiger partial charge is 0.000568 e. The zero-order valence-corrected chi connectivity index (χ0v) is 10.5. The summed E-state index contributed by atoms with van der Waals surface area (Å²) in [5.41, 5.74) is 1.75. The van der Waals surface area contributed by atoms with Gasteiger partial charge in [0.1, 0.15) is 0 Å². The molecule has 0 heterocycles. The maximum absolute atomic E-state index is 2.53. The molecule has 0 N–H and O–H groups in total. The molecule has 0 aromatic rings. The van der Waals surface area contributed by atoms with E-state index in [9.17, 15) is 0 Å². The predicted octanol–water partition coefficient (Wildman–Crippen LogP) is 4.44.